The molecule has 1 atom stereocenters. The lowest BCUT2D eigenvalue weighted by atomic mass is 9.98. The molecule has 0 aromatic carbocycles. The molecule has 5 heteroatoms. The summed E-state index contributed by atoms with van der Waals surface area (Å²) in [5, 5.41) is 2.87. The average molecular weight is 237 g/mol. The van der Waals surface area contributed by atoms with Gasteiger partial charge in [-0.25, -0.2) is 4.98 Å². The molecular weight excluding hydrogens is 218 g/mol. The third-order valence-electron chi connectivity index (χ3n) is 3.31. The molecule has 17 heavy (non-hydrogen) atoms. The first-order chi connectivity index (χ1) is 8.01. The Kier molecular flexibility index (Phi) is 3.19. The van der Waals surface area contributed by atoms with Crippen LogP contribution in [0, 0.1) is 6.92 Å². The summed E-state index contributed by atoms with van der Waals surface area (Å²) < 4.78 is 5.38. The van der Waals surface area contributed by atoms with Crippen molar-refractivity contribution in [1.82, 2.24) is 10.3 Å². The molecule has 1 unspecified atom stereocenters. The van der Waals surface area contributed by atoms with E-state index in [1.807, 2.05) is 13.8 Å². The highest BCUT2D eigenvalue weighted by molar-refractivity contribution is 5.86. The third-order valence-corrected chi connectivity index (χ3v) is 3.31. The van der Waals surface area contributed by atoms with E-state index < -0.39 is 5.54 Å². The fourth-order valence-electron chi connectivity index (χ4n) is 2.21. The van der Waals surface area contributed by atoms with Crippen LogP contribution in [0.15, 0.2) is 10.6 Å². The molecule has 5 nitrogen and oxygen atoms in total. The zero-order valence-corrected chi connectivity index (χ0v) is 10.3. The van der Waals surface area contributed by atoms with Crippen LogP contribution in [0.5, 0.6) is 0 Å². The maximum absolute atomic E-state index is 12.1. The summed E-state index contributed by atoms with van der Waals surface area (Å²) in [7, 11) is 0. The van der Waals surface area contributed by atoms with Gasteiger partial charge in [0.05, 0.1) is 11.7 Å². The van der Waals surface area contributed by atoms with Crippen molar-refractivity contribution in [2.45, 2.75) is 51.1 Å². The van der Waals surface area contributed by atoms with Crippen molar-refractivity contribution in [2.75, 3.05) is 0 Å². The summed E-state index contributed by atoms with van der Waals surface area (Å²) in [6, 6.07) is -0.239. The zero-order chi connectivity index (χ0) is 12.5. The number of nitrogens with two attached hydrogens (primary N) is 1. The van der Waals surface area contributed by atoms with Crippen LogP contribution < -0.4 is 11.1 Å². The highest BCUT2D eigenvalue weighted by Gasteiger charge is 2.37. The number of rotatable bonds is 3. The molecule has 1 aromatic heterocycles. The molecule has 1 saturated carbocycles. The topological polar surface area (TPSA) is 81.2 Å². The summed E-state index contributed by atoms with van der Waals surface area (Å²) in [5.74, 6) is 1.17. The Bertz CT molecular complexity index is 408. The van der Waals surface area contributed by atoms with Gasteiger partial charge in [-0.05, 0) is 26.7 Å². The van der Waals surface area contributed by atoms with Crippen molar-refractivity contribution < 1.29 is 9.21 Å². The summed E-state index contributed by atoms with van der Waals surface area (Å²) in [5.41, 5.74) is 5.37. The Balaban J connectivity index is 1.99. The first-order valence-corrected chi connectivity index (χ1v) is 6.03. The van der Waals surface area contributed by atoms with Crippen LogP contribution >= 0.6 is 0 Å². The first kappa shape index (κ1) is 12.1. The molecule has 0 saturated heterocycles. The molecule has 1 aliphatic carbocycles. The Morgan fingerprint density at radius 1 is 1.59 bits per heavy atom. The lowest BCUT2D eigenvalue weighted by molar-refractivity contribution is -0.127. The monoisotopic (exact) mass is 237 g/mol. The van der Waals surface area contributed by atoms with Crippen molar-refractivity contribution in [3.05, 3.63) is 17.8 Å². The SMILES string of the molecule is Cc1cnc(C(C)NC(=O)C2(N)CCCC2)o1. The lowest BCUT2D eigenvalue weighted by Gasteiger charge is -2.24. The Hall–Kier alpha value is -1.36. The fraction of sp³-hybridized carbons (Fsp3) is 0.667. The molecule has 1 aromatic rings. The maximum Gasteiger partial charge on any atom is 0.240 e. The van der Waals surface area contributed by atoms with Crippen molar-refractivity contribution >= 4 is 5.91 Å². The van der Waals surface area contributed by atoms with Crippen LogP contribution in [0.3, 0.4) is 0 Å². The van der Waals surface area contributed by atoms with E-state index >= 15 is 0 Å². The summed E-state index contributed by atoms with van der Waals surface area (Å²) in [6.45, 7) is 3.67. The molecule has 0 spiro atoms. The first-order valence-electron chi connectivity index (χ1n) is 6.03. The van der Waals surface area contributed by atoms with Crippen LogP contribution in [-0.4, -0.2) is 16.4 Å². The molecule has 0 bridgehead atoms. The quantitative estimate of drug-likeness (QED) is 0.833. The Labute approximate surface area is 101 Å². The largest absolute Gasteiger partial charge is 0.444 e. The number of nitrogens with one attached hydrogen (secondary N) is 1. The van der Waals surface area contributed by atoms with Gasteiger partial charge in [-0.3, -0.25) is 4.79 Å². The van der Waals surface area contributed by atoms with Crippen molar-refractivity contribution in [1.29, 1.82) is 0 Å². The van der Waals surface area contributed by atoms with Gasteiger partial charge in [-0.2, -0.15) is 0 Å². The number of oxazole rings is 1. The molecule has 0 radical (unpaired) electrons. The van der Waals surface area contributed by atoms with Crippen molar-refractivity contribution in [2.24, 2.45) is 5.73 Å². The molecule has 94 valence electrons. The molecule has 1 amide bonds. The second kappa shape index (κ2) is 4.49. The summed E-state index contributed by atoms with van der Waals surface area (Å²) >= 11 is 0. The Morgan fingerprint density at radius 2 is 2.24 bits per heavy atom. The van der Waals surface area contributed by atoms with Gasteiger partial charge in [-0.15, -0.1) is 0 Å². The molecule has 2 rings (SSSR count). The Morgan fingerprint density at radius 3 is 2.76 bits per heavy atom. The van der Waals surface area contributed by atoms with Gasteiger partial charge in [0.1, 0.15) is 11.8 Å². The van der Waals surface area contributed by atoms with Gasteiger partial charge >= 0.3 is 0 Å². The zero-order valence-electron chi connectivity index (χ0n) is 10.3. The highest BCUT2D eigenvalue weighted by Crippen LogP contribution is 2.28. The second-order valence-corrected chi connectivity index (χ2v) is 4.87. The van der Waals surface area contributed by atoms with Crippen molar-refractivity contribution in [3.8, 4) is 0 Å². The van der Waals surface area contributed by atoms with Crippen LogP contribution in [0.1, 0.15) is 50.3 Å². The summed E-state index contributed by atoms with van der Waals surface area (Å²) in [6.07, 6.45) is 5.21. The predicted molar refractivity (Wildman–Crippen MR) is 63.2 cm³/mol. The number of nitrogens with zero attached hydrogens (tertiary/aromatic N) is 1. The normalized spacial score (nSPS) is 20.2. The van der Waals surface area contributed by atoms with Crippen LogP contribution in [0.4, 0.5) is 0 Å². The summed E-state index contributed by atoms with van der Waals surface area (Å²) in [4.78, 5) is 16.1. The minimum atomic E-state index is -0.699. The average Bonchev–Trinajstić information content (AvgIpc) is 2.88. The number of aromatic nitrogens is 1. The minimum absolute atomic E-state index is 0.0987. The number of carbonyl (C=O) groups is 1. The van der Waals surface area contributed by atoms with E-state index in [9.17, 15) is 4.79 Å². The number of carbonyl (C=O) groups excluding carboxylic acids is 1. The van der Waals surface area contributed by atoms with E-state index in [1.54, 1.807) is 6.20 Å². The van der Waals surface area contributed by atoms with Gasteiger partial charge in [0.15, 0.2) is 0 Å². The molecule has 1 fully saturated rings. The van der Waals surface area contributed by atoms with E-state index in [-0.39, 0.29) is 11.9 Å². The van der Waals surface area contributed by atoms with E-state index in [2.05, 4.69) is 10.3 Å². The number of hydrogen-bond acceptors (Lipinski definition) is 4. The van der Waals surface area contributed by atoms with E-state index in [4.69, 9.17) is 10.2 Å². The molecule has 0 aliphatic heterocycles. The highest BCUT2D eigenvalue weighted by atomic mass is 16.4. The van der Waals surface area contributed by atoms with E-state index in [0.29, 0.717) is 5.89 Å². The smallest absolute Gasteiger partial charge is 0.240 e. The molecular formula is C12H19N3O2. The number of amides is 1. The van der Waals surface area contributed by atoms with Gasteiger partial charge in [-0.1, -0.05) is 12.8 Å². The number of aryl methyl sites for hydroxylation is 1. The lowest BCUT2D eigenvalue weighted by Crippen LogP contribution is -2.52. The van der Waals surface area contributed by atoms with E-state index in [1.165, 1.54) is 0 Å². The molecule has 3 N–H and O–H groups in total. The van der Waals surface area contributed by atoms with Crippen molar-refractivity contribution in [3.63, 3.8) is 0 Å². The third kappa shape index (κ3) is 2.49. The fourth-order valence-corrected chi connectivity index (χ4v) is 2.21. The van der Waals surface area contributed by atoms with Gasteiger partial charge in [0, 0.05) is 0 Å². The van der Waals surface area contributed by atoms with Crippen LogP contribution in [0.25, 0.3) is 0 Å². The second-order valence-electron chi connectivity index (χ2n) is 4.87. The molecule has 1 heterocycles. The molecule has 1 aliphatic rings. The van der Waals surface area contributed by atoms with Crippen LogP contribution in [0.2, 0.25) is 0 Å². The van der Waals surface area contributed by atoms with Gasteiger partial charge < -0.3 is 15.5 Å². The minimum Gasteiger partial charge on any atom is -0.444 e. The standard InChI is InChI=1S/C12H19N3O2/c1-8-7-14-10(17-8)9(2)15-11(16)12(13)5-3-4-6-12/h7,9H,3-6,13H2,1-2H3,(H,15,16). The number of hydrogen-bond donors (Lipinski definition) is 2. The van der Waals surface area contributed by atoms with Crippen LogP contribution in [-0.2, 0) is 4.79 Å². The predicted octanol–water partition coefficient (Wildman–Crippen LogP) is 1.43. The van der Waals surface area contributed by atoms with E-state index in [0.717, 1.165) is 31.4 Å². The van der Waals surface area contributed by atoms with Gasteiger partial charge in [0.25, 0.3) is 0 Å². The van der Waals surface area contributed by atoms with Gasteiger partial charge in [0.2, 0.25) is 11.8 Å². The maximum atomic E-state index is 12.1.